The summed E-state index contributed by atoms with van der Waals surface area (Å²) in [5.41, 5.74) is -0.313. The van der Waals surface area contributed by atoms with Crippen LogP contribution in [0.25, 0.3) is 0 Å². The van der Waals surface area contributed by atoms with E-state index in [1.807, 2.05) is 0 Å². The Labute approximate surface area is 114 Å². The van der Waals surface area contributed by atoms with E-state index < -0.39 is 22.7 Å². The summed E-state index contributed by atoms with van der Waals surface area (Å²) in [6.45, 7) is 1.54. The number of hydrogen-bond donors (Lipinski definition) is 3. The molecule has 0 bridgehead atoms. The zero-order chi connectivity index (χ0) is 14.9. The fraction of sp³-hybridized carbons (Fsp3) is 0.0667. The number of carbonyl (C=O) groups is 1. The molecule has 0 amide bonds. The Kier molecular flexibility index (Phi) is 3.43. The molecule has 20 heavy (non-hydrogen) atoms. The smallest absolute Gasteiger partial charge is 0.261 e. The average molecular weight is 272 g/mol. The molecular formula is C15H12O5. The average Bonchev–Trinajstić information content (AvgIpc) is 2.50. The second-order valence-corrected chi connectivity index (χ2v) is 4.36. The van der Waals surface area contributed by atoms with Crippen molar-refractivity contribution in [3.8, 4) is 17.2 Å². The Hall–Kier alpha value is -2.82. The first-order chi connectivity index (χ1) is 9.40. The molecule has 0 aliphatic carbocycles. The molecule has 2 aromatic carbocycles. The highest BCUT2D eigenvalue weighted by molar-refractivity contribution is 6.10. The molecule has 0 aliphatic heterocycles. The topological polar surface area (TPSA) is 94.8 Å². The maximum atomic E-state index is 12.3. The van der Waals surface area contributed by atoms with Crippen LogP contribution in [0.5, 0.6) is 17.2 Å². The largest absolute Gasteiger partial charge is 0.508 e. The quantitative estimate of drug-likeness (QED) is 0.723. The second-order valence-electron chi connectivity index (χ2n) is 4.36. The minimum absolute atomic E-state index is 0.0645. The van der Waals surface area contributed by atoms with Crippen molar-refractivity contribution in [3.63, 3.8) is 0 Å². The summed E-state index contributed by atoms with van der Waals surface area (Å²) >= 11 is 0. The number of hydrogen-bond acceptors (Lipinski definition) is 5. The Morgan fingerprint density at radius 3 is 2.30 bits per heavy atom. The molecule has 5 nitrogen and oxygen atoms in total. The predicted molar refractivity (Wildman–Crippen MR) is 72.3 cm³/mol. The van der Waals surface area contributed by atoms with Gasteiger partial charge in [0.05, 0.1) is 0 Å². The second kappa shape index (κ2) is 5.05. The SMILES string of the molecule is Cc1cc(O)c(=O)c(O)cc1C(=O)c1cccc(O)c1. The lowest BCUT2D eigenvalue weighted by atomic mass is 10.0. The standard InChI is InChI=1S/C15H12O5/c1-8-5-12(17)15(20)13(18)7-11(8)14(19)9-3-2-4-10(16)6-9/h2-7,16H,1H3,(H2,17,18,20). The van der Waals surface area contributed by atoms with Gasteiger partial charge >= 0.3 is 0 Å². The minimum Gasteiger partial charge on any atom is -0.508 e. The summed E-state index contributed by atoms with van der Waals surface area (Å²) in [4.78, 5) is 23.8. The lowest BCUT2D eigenvalue weighted by Crippen LogP contribution is -2.02. The number of phenolic OH excluding ortho intramolecular Hbond substituents is 1. The zero-order valence-corrected chi connectivity index (χ0v) is 10.6. The molecule has 2 rings (SSSR count). The highest BCUT2D eigenvalue weighted by atomic mass is 16.3. The van der Waals surface area contributed by atoms with Crippen LogP contribution in [0.1, 0.15) is 21.5 Å². The number of carbonyl (C=O) groups excluding carboxylic acids is 1. The third-order valence-electron chi connectivity index (χ3n) is 2.88. The van der Waals surface area contributed by atoms with Crippen molar-refractivity contribution < 1.29 is 20.1 Å². The summed E-state index contributed by atoms with van der Waals surface area (Å²) in [6, 6.07) is 7.86. The molecule has 2 aromatic rings. The molecule has 102 valence electrons. The van der Waals surface area contributed by atoms with E-state index in [1.165, 1.54) is 31.2 Å². The van der Waals surface area contributed by atoms with E-state index in [4.69, 9.17) is 0 Å². The molecule has 0 saturated heterocycles. The Bertz CT molecular complexity index is 750. The van der Waals surface area contributed by atoms with Crippen molar-refractivity contribution in [2.45, 2.75) is 6.92 Å². The van der Waals surface area contributed by atoms with Crippen LogP contribution in [0.3, 0.4) is 0 Å². The van der Waals surface area contributed by atoms with Gasteiger partial charge in [-0.2, -0.15) is 0 Å². The first-order valence-electron chi connectivity index (χ1n) is 5.81. The maximum absolute atomic E-state index is 12.3. The summed E-state index contributed by atoms with van der Waals surface area (Å²) in [5, 5.41) is 28.4. The van der Waals surface area contributed by atoms with Gasteiger partial charge in [-0.25, -0.2) is 0 Å². The van der Waals surface area contributed by atoms with Crippen molar-refractivity contribution in [3.05, 3.63) is 63.3 Å². The van der Waals surface area contributed by atoms with Gasteiger partial charge in [-0.1, -0.05) is 12.1 Å². The molecule has 5 heteroatoms. The molecule has 0 fully saturated rings. The molecule has 0 heterocycles. The van der Waals surface area contributed by atoms with Crippen molar-refractivity contribution in [1.29, 1.82) is 0 Å². The van der Waals surface area contributed by atoms with Crippen molar-refractivity contribution in [1.82, 2.24) is 0 Å². The van der Waals surface area contributed by atoms with Gasteiger partial charge in [0.15, 0.2) is 17.3 Å². The normalized spacial score (nSPS) is 10.2. The third kappa shape index (κ3) is 2.47. The fourth-order valence-electron chi connectivity index (χ4n) is 1.84. The first kappa shape index (κ1) is 13.6. The molecule has 0 radical (unpaired) electrons. The van der Waals surface area contributed by atoms with Gasteiger partial charge in [0.2, 0.25) is 0 Å². The predicted octanol–water partition coefficient (Wildman–Crippen LogP) is 1.70. The van der Waals surface area contributed by atoms with Gasteiger partial charge in [-0.15, -0.1) is 0 Å². The number of benzene rings is 1. The molecule has 0 atom stereocenters. The van der Waals surface area contributed by atoms with Crippen LogP contribution in [-0.4, -0.2) is 21.1 Å². The molecule has 0 unspecified atom stereocenters. The monoisotopic (exact) mass is 272 g/mol. The highest BCUT2D eigenvalue weighted by Gasteiger charge is 2.15. The van der Waals surface area contributed by atoms with E-state index in [9.17, 15) is 24.9 Å². The van der Waals surface area contributed by atoms with Crippen molar-refractivity contribution in [2.75, 3.05) is 0 Å². The van der Waals surface area contributed by atoms with Crippen LogP contribution in [0.15, 0.2) is 41.2 Å². The molecule has 0 saturated carbocycles. The van der Waals surface area contributed by atoms with Crippen LogP contribution in [0, 0.1) is 6.92 Å². The summed E-state index contributed by atoms with van der Waals surface area (Å²) in [5.74, 6) is -1.87. The van der Waals surface area contributed by atoms with E-state index in [0.717, 1.165) is 12.1 Å². The molecular weight excluding hydrogens is 260 g/mol. The number of phenols is 1. The van der Waals surface area contributed by atoms with Crippen LogP contribution < -0.4 is 5.43 Å². The number of aryl methyl sites for hydroxylation is 1. The lowest BCUT2D eigenvalue weighted by molar-refractivity contribution is 0.103. The minimum atomic E-state index is -0.942. The Morgan fingerprint density at radius 2 is 1.65 bits per heavy atom. The van der Waals surface area contributed by atoms with Crippen LogP contribution in [0.2, 0.25) is 0 Å². The lowest BCUT2D eigenvalue weighted by Gasteiger charge is -2.03. The number of ketones is 1. The van der Waals surface area contributed by atoms with Gasteiger partial charge in [0.25, 0.3) is 5.43 Å². The van der Waals surface area contributed by atoms with Crippen molar-refractivity contribution >= 4 is 5.78 Å². The van der Waals surface area contributed by atoms with Gasteiger partial charge in [0.1, 0.15) is 5.75 Å². The highest BCUT2D eigenvalue weighted by Crippen LogP contribution is 2.20. The van der Waals surface area contributed by atoms with Gasteiger partial charge in [-0.05, 0) is 36.8 Å². The Balaban J connectivity index is 2.65. The van der Waals surface area contributed by atoms with E-state index in [2.05, 4.69) is 0 Å². The number of aromatic hydroxyl groups is 3. The van der Waals surface area contributed by atoms with Crippen molar-refractivity contribution in [2.24, 2.45) is 0 Å². The van der Waals surface area contributed by atoms with E-state index in [0.29, 0.717) is 5.56 Å². The molecule has 0 aliphatic rings. The summed E-state index contributed by atoms with van der Waals surface area (Å²) in [7, 11) is 0. The molecule has 3 N–H and O–H groups in total. The Morgan fingerprint density at radius 1 is 1.00 bits per heavy atom. The van der Waals surface area contributed by atoms with Gasteiger partial charge < -0.3 is 15.3 Å². The van der Waals surface area contributed by atoms with E-state index in [1.54, 1.807) is 0 Å². The maximum Gasteiger partial charge on any atom is 0.261 e. The summed E-state index contributed by atoms with van der Waals surface area (Å²) in [6.07, 6.45) is 0. The molecule has 0 aromatic heterocycles. The first-order valence-corrected chi connectivity index (χ1v) is 5.81. The number of rotatable bonds is 2. The van der Waals surface area contributed by atoms with Gasteiger partial charge in [-0.3, -0.25) is 9.59 Å². The summed E-state index contributed by atoms with van der Waals surface area (Å²) < 4.78 is 0. The third-order valence-corrected chi connectivity index (χ3v) is 2.88. The fourth-order valence-corrected chi connectivity index (χ4v) is 1.84. The van der Waals surface area contributed by atoms with Crippen LogP contribution in [0.4, 0.5) is 0 Å². The van der Waals surface area contributed by atoms with Crippen LogP contribution in [-0.2, 0) is 0 Å². The van der Waals surface area contributed by atoms with E-state index in [-0.39, 0.29) is 16.9 Å². The van der Waals surface area contributed by atoms with Gasteiger partial charge in [0, 0.05) is 11.1 Å². The zero-order valence-electron chi connectivity index (χ0n) is 10.6. The van der Waals surface area contributed by atoms with Crippen LogP contribution >= 0.6 is 0 Å². The molecule has 0 spiro atoms. The van der Waals surface area contributed by atoms with E-state index >= 15 is 0 Å².